The van der Waals surface area contributed by atoms with Crippen LogP contribution in [0.25, 0.3) is 0 Å². The fraction of sp³-hybridized carbons (Fsp3) is 0.333. The molecular weight excluding hydrogens is 266 g/mol. The number of hydrogen-bond acceptors (Lipinski definition) is 1. The average molecular weight is 289 g/mol. The lowest BCUT2D eigenvalue weighted by molar-refractivity contribution is -0.00000415. The summed E-state index contributed by atoms with van der Waals surface area (Å²) < 4.78 is 0. The van der Waals surface area contributed by atoms with Gasteiger partial charge in [-0.25, -0.2) is 0 Å². The number of benzene rings is 1. The van der Waals surface area contributed by atoms with Crippen molar-refractivity contribution in [3.8, 4) is 0 Å². The number of nitrogens with one attached hydrogen (secondary N) is 1. The van der Waals surface area contributed by atoms with Crippen LogP contribution in [0.15, 0.2) is 67.3 Å². The highest BCUT2D eigenvalue weighted by molar-refractivity contribution is 5.25. The Morgan fingerprint density at radius 1 is 1.10 bits per heavy atom. The maximum absolute atomic E-state index is 3.86. The topological polar surface area (TPSA) is 12.0 Å². The zero-order valence-corrected chi connectivity index (χ0v) is 12.7. The van der Waals surface area contributed by atoms with Gasteiger partial charge < -0.3 is 17.7 Å². The summed E-state index contributed by atoms with van der Waals surface area (Å²) in [6.07, 6.45) is 10.6. The van der Waals surface area contributed by atoms with Crippen molar-refractivity contribution in [2.24, 2.45) is 0 Å². The lowest BCUT2D eigenvalue weighted by atomic mass is 9.90. The molecule has 0 saturated heterocycles. The predicted octanol–water partition coefficient (Wildman–Crippen LogP) is 1.04. The van der Waals surface area contributed by atoms with Crippen molar-refractivity contribution in [2.75, 3.05) is 0 Å². The fourth-order valence-electron chi connectivity index (χ4n) is 2.74. The Kier molecular flexibility index (Phi) is 7.35. The maximum atomic E-state index is 3.86. The average Bonchev–Trinajstić information content (AvgIpc) is 2.40. The molecule has 0 unspecified atom stereocenters. The van der Waals surface area contributed by atoms with Crippen molar-refractivity contribution in [3.05, 3.63) is 72.9 Å². The van der Waals surface area contributed by atoms with Crippen molar-refractivity contribution in [1.82, 2.24) is 5.32 Å². The zero-order chi connectivity index (χ0) is 13.5. The Labute approximate surface area is 128 Å². The molecule has 0 bridgehead atoms. The lowest BCUT2D eigenvalue weighted by Gasteiger charge is -2.29. The summed E-state index contributed by atoms with van der Waals surface area (Å²) in [4.78, 5) is 0. The highest BCUT2D eigenvalue weighted by atomic mass is 35.5. The minimum atomic E-state index is 0. The Morgan fingerprint density at radius 2 is 1.80 bits per heavy atom. The van der Waals surface area contributed by atoms with Gasteiger partial charge in [0.2, 0.25) is 0 Å². The smallest absolute Gasteiger partial charge is 0.0289 e. The van der Waals surface area contributed by atoms with E-state index < -0.39 is 0 Å². The van der Waals surface area contributed by atoms with Crippen LogP contribution >= 0.6 is 0 Å². The van der Waals surface area contributed by atoms with E-state index in [1.165, 1.54) is 11.1 Å². The van der Waals surface area contributed by atoms with E-state index in [1.807, 2.05) is 12.2 Å². The molecule has 0 fully saturated rings. The molecule has 0 spiro atoms. The fourth-order valence-corrected chi connectivity index (χ4v) is 2.74. The number of rotatable bonds is 6. The van der Waals surface area contributed by atoms with Crippen molar-refractivity contribution < 1.29 is 12.4 Å². The molecular formula is C18H23ClN-. The highest BCUT2D eigenvalue weighted by Gasteiger charge is 2.19. The standard InChI is InChI=1S/C18H23N.ClH/c1-3-8-17-13-16(14-18(19-17)9-4-2)12-15-10-6-5-7-11-15;/h3-7,10-11,13,17-19H,1-2,8-9,12,14H2;1H/p-1/t17-,18-;/m0./s1. The van der Waals surface area contributed by atoms with Crippen LogP contribution in [0.4, 0.5) is 0 Å². The van der Waals surface area contributed by atoms with E-state index in [0.717, 1.165) is 25.7 Å². The van der Waals surface area contributed by atoms with Gasteiger partial charge in [-0.15, -0.1) is 13.2 Å². The highest BCUT2D eigenvalue weighted by Crippen LogP contribution is 2.21. The van der Waals surface area contributed by atoms with E-state index in [1.54, 1.807) is 0 Å². The molecule has 1 heterocycles. The Balaban J connectivity index is 0.00000200. The second-order valence-corrected chi connectivity index (χ2v) is 5.21. The summed E-state index contributed by atoms with van der Waals surface area (Å²) >= 11 is 0. The second kappa shape index (κ2) is 8.78. The van der Waals surface area contributed by atoms with E-state index in [2.05, 4.69) is 54.9 Å². The van der Waals surface area contributed by atoms with E-state index in [4.69, 9.17) is 0 Å². The summed E-state index contributed by atoms with van der Waals surface area (Å²) in [5.74, 6) is 0. The molecule has 108 valence electrons. The quantitative estimate of drug-likeness (QED) is 0.772. The van der Waals surface area contributed by atoms with E-state index >= 15 is 0 Å². The van der Waals surface area contributed by atoms with E-state index in [9.17, 15) is 0 Å². The summed E-state index contributed by atoms with van der Waals surface area (Å²) in [5.41, 5.74) is 2.93. The third-order valence-corrected chi connectivity index (χ3v) is 3.54. The van der Waals surface area contributed by atoms with Gasteiger partial charge in [0, 0.05) is 12.1 Å². The van der Waals surface area contributed by atoms with E-state index in [0.29, 0.717) is 12.1 Å². The minimum Gasteiger partial charge on any atom is -1.00 e. The van der Waals surface area contributed by atoms with Crippen molar-refractivity contribution >= 4 is 0 Å². The Hall–Kier alpha value is -1.31. The molecule has 2 atom stereocenters. The van der Waals surface area contributed by atoms with Gasteiger partial charge >= 0.3 is 0 Å². The first kappa shape index (κ1) is 16.7. The molecule has 0 radical (unpaired) electrons. The minimum absolute atomic E-state index is 0. The first-order valence-corrected chi connectivity index (χ1v) is 7.03. The zero-order valence-electron chi connectivity index (χ0n) is 11.9. The summed E-state index contributed by atoms with van der Waals surface area (Å²) in [6, 6.07) is 11.6. The molecule has 1 aromatic carbocycles. The van der Waals surface area contributed by atoms with Crippen LogP contribution in [0.3, 0.4) is 0 Å². The van der Waals surface area contributed by atoms with Gasteiger partial charge in [0.1, 0.15) is 0 Å². The normalized spacial score (nSPS) is 21.5. The first-order chi connectivity index (χ1) is 9.31. The Bertz CT molecular complexity index is 450. The summed E-state index contributed by atoms with van der Waals surface area (Å²) in [5, 5.41) is 3.65. The van der Waals surface area contributed by atoms with Crippen LogP contribution in [0.1, 0.15) is 24.8 Å². The van der Waals surface area contributed by atoms with Crippen molar-refractivity contribution in [2.45, 2.75) is 37.8 Å². The number of hydrogen-bond donors (Lipinski definition) is 1. The Morgan fingerprint density at radius 3 is 2.45 bits per heavy atom. The molecule has 0 aromatic heterocycles. The summed E-state index contributed by atoms with van der Waals surface area (Å²) in [7, 11) is 0. The van der Waals surface area contributed by atoms with Crippen LogP contribution in [0, 0.1) is 0 Å². The van der Waals surface area contributed by atoms with E-state index in [-0.39, 0.29) is 12.4 Å². The van der Waals surface area contributed by atoms with Crippen LogP contribution in [-0.4, -0.2) is 12.1 Å². The van der Waals surface area contributed by atoms with Gasteiger partial charge in [-0.2, -0.15) is 0 Å². The third-order valence-electron chi connectivity index (χ3n) is 3.54. The SMILES string of the molecule is C=CC[C@H]1CC(Cc2ccccc2)=C[C@H](CC=C)N1.[Cl-]. The van der Waals surface area contributed by atoms with Crippen LogP contribution in [0.5, 0.6) is 0 Å². The first-order valence-electron chi connectivity index (χ1n) is 7.03. The molecule has 1 aliphatic rings. The lowest BCUT2D eigenvalue weighted by Crippen LogP contribution is -3.00. The molecule has 2 heteroatoms. The van der Waals surface area contributed by atoms with Gasteiger partial charge in [-0.1, -0.05) is 54.1 Å². The maximum Gasteiger partial charge on any atom is 0.0289 e. The molecule has 1 N–H and O–H groups in total. The second-order valence-electron chi connectivity index (χ2n) is 5.21. The summed E-state index contributed by atoms with van der Waals surface area (Å²) in [6.45, 7) is 7.70. The van der Waals surface area contributed by atoms with Crippen molar-refractivity contribution in [3.63, 3.8) is 0 Å². The third kappa shape index (κ3) is 4.99. The monoisotopic (exact) mass is 288 g/mol. The van der Waals surface area contributed by atoms with Crippen molar-refractivity contribution in [1.29, 1.82) is 0 Å². The van der Waals surface area contributed by atoms with Gasteiger partial charge in [0.15, 0.2) is 0 Å². The molecule has 1 nitrogen and oxygen atoms in total. The van der Waals surface area contributed by atoms with Gasteiger partial charge in [0.05, 0.1) is 0 Å². The molecule has 2 rings (SSSR count). The van der Waals surface area contributed by atoms with Gasteiger partial charge in [-0.05, 0) is 31.2 Å². The van der Waals surface area contributed by atoms with Gasteiger partial charge in [-0.3, -0.25) is 0 Å². The molecule has 0 aliphatic carbocycles. The van der Waals surface area contributed by atoms with Crippen LogP contribution in [-0.2, 0) is 6.42 Å². The molecule has 0 amide bonds. The van der Waals surface area contributed by atoms with Gasteiger partial charge in [0.25, 0.3) is 0 Å². The molecule has 20 heavy (non-hydrogen) atoms. The van der Waals surface area contributed by atoms with Crippen LogP contribution in [0.2, 0.25) is 0 Å². The molecule has 0 saturated carbocycles. The largest absolute Gasteiger partial charge is 1.00 e. The number of halogens is 1. The molecule has 1 aliphatic heterocycles. The van der Waals surface area contributed by atoms with Crippen LogP contribution < -0.4 is 17.7 Å². The molecule has 1 aromatic rings. The predicted molar refractivity (Wildman–Crippen MR) is 83.2 cm³/mol.